The number of hydrogen-bond acceptors (Lipinski definition) is 6. The minimum atomic E-state index is -0.882. The second-order valence-corrected chi connectivity index (χ2v) is 9.08. The molecule has 1 aliphatic heterocycles. The zero-order valence-electron chi connectivity index (χ0n) is 17.2. The molecular weight excluding hydrogens is 417 g/mol. The molecule has 158 valence electrons. The van der Waals surface area contributed by atoms with Gasteiger partial charge in [0.25, 0.3) is 5.78 Å². The van der Waals surface area contributed by atoms with E-state index in [-0.39, 0.29) is 27.4 Å². The highest BCUT2D eigenvalue weighted by molar-refractivity contribution is 7.13. The molecule has 1 amide bonds. The lowest BCUT2D eigenvalue weighted by atomic mass is 9.85. The topological polar surface area (TPSA) is 83.4 Å². The van der Waals surface area contributed by atoms with Gasteiger partial charge in [-0.05, 0) is 40.8 Å². The molecule has 0 saturated carbocycles. The molecule has 0 bridgehead atoms. The summed E-state index contributed by atoms with van der Waals surface area (Å²) in [6, 6.07) is 11.8. The lowest BCUT2D eigenvalue weighted by Crippen LogP contribution is -2.29. The number of carbonyl (C=O) groups is 2. The average Bonchev–Trinajstić information content (AvgIpc) is 3.34. The number of carbonyl (C=O) groups excluding carboxylic acids is 2. The highest BCUT2D eigenvalue weighted by atomic mass is 32.1. The van der Waals surface area contributed by atoms with Crippen molar-refractivity contribution >= 4 is 33.9 Å². The van der Waals surface area contributed by atoms with E-state index >= 15 is 0 Å². The van der Waals surface area contributed by atoms with Crippen LogP contribution in [-0.4, -0.2) is 27.0 Å². The van der Waals surface area contributed by atoms with E-state index in [1.54, 1.807) is 0 Å². The van der Waals surface area contributed by atoms with Gasteiger partial charge in [0.2, 0.25) is 5.13 Å². The average molecular weight is 437 g/mol. The van der Waals surface area contributed by atoms with Crippen molar-refractivity contribution in [2.24, 2.45) is 0 Å². The molecule has 6 nitrogen and oxygen atoms in total. The fourth-order valence-electron chi connectivity index (χ4n) is 3.55. The Hall–Kier alpha value is -3.39. The summed E-state index contributed by atoms with van der Waals surface area (Å²) in [5.74, 6) is -2.47. The van der Waals surface area contributed by atoms with E-state index in [1.165, 1.54) is 34.7 Å². The van der Waals surface area contributed by atoms with Gasteiger partial charge in [0, 0.05) is 5.56 Å². The Morgan fingerprint density at radius 3 is 2.26 bits per heavy atom. The third-order valence-electron chi connectivity index (χ3n) is 5.21. The standard InChI is InChI=1S/C23H20FN3O3S/c1-23(2,3)15-8-4-13(5-9-15)18-17(19(28)14-6-10-16(24)11-7-14)20(29)21(30)27(18)22-26-25-12-31-22/h4-12,18,28H,1-3H3/b19-17+/t18-/m0/s1. The Bertz CT molecular complexity index is 1160. The molecule has 1 aromatic heterocycles. The van der Waals surface area contributed by atoms with Crippen LogP contribution in [-0.2, 0) is 15.0 Å². The maximum absolute atomic E-state index is 13.3. The molecule has 2 heterocycles. The first-order valence-corrected chi connectivity index (χ1v) is 10.5. The third-order valence-corrected chi connectivity index (χ3v) is 5.90. The number of aliphatic hydroxyl groups is 1. The molecule has 1 N–H and O–H groups in total. The summed E-state index contributed by atoms with van der Waals surface area (Å²) in [7, 11) is 0. The fourth-order valence-corrected chi connectivity index (χ4v) is 4.13. The monoisotopic (exact) mass is 437 g/mol. The number of aliphatic hydroxyl groups excluding tert-OH is 1. The number of aromatic nitrogens is 2. The van der Waals surface area contributed by atoms with E-state index in [9.17, 15) is 19.1 Å². The van der Waals surface area contributed by atoms with Crippen molar-refractivity contribution < 1.29 is 19.1 Å². The zero-order chi connectivity index (χ0) is 22.3. The van der Waals surface area contributed by atoms with Gasteiger partial charge in [0.15, 0.2) is 0 Å². The number of ketones is 1. The van der Waals surface area contributed by atoms with Gasteiger partial charge in [-0.3, -0.25) is 14.5 Å². The molecule has 1 aliphatic rings. The van der Waals surface area contributed by atoms with Crippen LogP contribution in [0.5, 0.6) is 0 Å². The number of hydrogen-bond donors (Lipinski definition) is 1. The summed E-state index contributed by atoms with van der Waals surface area (Å²) in [6.45, 7) is 6.26. The highest BCUT2D eigenvalue weighted by Crippen LogP contribution is 2.42. The Labute approximate surface area is 182 Å². The molecule has 1 atom stereocenters. The van der Waals surface area contributed by atoms with Gasteiger partial charge in [0.05, 0.1) is 11.6 Å². The lowest BCUT2D eigenvalue weighted by molar-refractivity contribution is -0.132. The third kappa shape index (κ3) is 3.74. The maximum Gasteiger partial charge on any atom is 0.301 e. The largest absolute Gasteiger partial charge is 0.507 e. The van der Waals surface area contributed by atoms with E-state index < -0.39 is 23.5 Å². The van der Waals surface area contributed by atoms with Gasteiger partial charge in [-0.2, -0.15) is 0 Å². The minimum absolute atomic E-state index is 0.0738. The summed E-state index contributed by atoms with van der Waals surface area (Å²) < 4.78 is 13.3. The summed E-state index contributed by atoms with van der Waals surface area (Å²) in [5, 5.41) is 19.0. The number of anilines is 1. The van der Waals surface area contributed by atoms with Gasteiger partial charge in [-0.15, -0.1) is 10.2 Å². The van der Waals surface area contributed by atoms with Gasteiger partial charge in [-0.1, -0.05) is 56.4 Å². The van der Waals surface area contributed by atoms with E-state index in [0.717, 1.165) is 16.9 Å². The van der Waals surface area contributed by atoms with E-state index in [0.29, 0.717) is 5.56 Å². The van der Waals surface area contributed by atoms with Crippen molar-refractivity contribution in [3.05, 3.63) is 82.1 Å². The van der Waals surface area contributed by atoms with Crippen molar-refractivity contribution in [3.8, 4) is 0 Å². The molecule has 8 heteroatoms. The molecule has 0 unspecified atom stereocenters. The summed E-state index contributed by atoms with van der Waals surface area (Å²) in [4.78, 5) is 27.2. The van der Waals surface area contributed by atoms with Crippen LogP contribution in [0.25, 0.3) is 5.76 Å². The second kappa shape index (κ2) is 7.70. The van der Waals surface area contributed by atoms with Crippen LogP contribution < -0.4 is 4.90 Å². The van der Waals surface area contributed by atoms with Crippen LogP contribution in [0.1, 0.15) is 43.5 Å². The van der Waals surface area contributed by atoms with Crippen molar-refractivity contribution in [2.45, 2.75) is 32.2 Å². The molecule has 0 radical (unpaired) electrons. The van der Waals surface area contributed by atoms with Gasteiger partial charge in [-0.25, -0.2) is 4.39 Å². The number of benzene rings is 2. The smallest absolute Gasteiger partial charge is 0.301 e. The van der Waals surface area contributed by atoms with Crippen LogP contribution in [0.4, 0.5) is 9.52 Å². The summed E-state index contributed by atoms with van der Waals surface area (Å²) in [6.07, 6.45) is 0. The molecule has 1 fully saturated rings. The van der Waals surface area contributed by atoms with Crippen molar-refractivity contribution in [1.82, 2.24) is 10.2 Å². The molecule has 2 aromatic carbocycles. The quantitative estimate of drug-likeness (QED) is 0.368. The van der Waals surface area contributed by atoms with E-state index in [1.807, 2.05) is 24.3 Å². The van der Waals surface area contributed by atoms with Crippen LogP contribution in [0.3, 0.4) is 0 Å². The molecule has 0 spiro atoms. The van der Waals surface area contributed by atoms with Gasteiger partial charge in [0.1, 0.15) is 17.1 Å². The minimum Gasteiger partial charge on any atom is -0.507 e. The molecule has 31 heavy (non-hydrogen) atoms. The van der Waals surface area contributed by atoms with Crippen LogP contribution in [0.15, 0.2) is 59.6 Å². The Morgan fingerprint density at radius 2 is 1.71 bits per heavy atom. The van der Waals surface area contributed by atoms with Gasteiger partial charge < -0.3 is 5.11 Å². The molecule has 0 aliphatic carbocycles. The molecule has 3 aromatic rings. The van der Waals surface area contributed by atoms with E-state index in [4.69, 9.17) is 0 Å². The zero-order valence-corrected chi connectivity index (χ0v) is 18.0. The van der Waals surface area contributed by atoms with Crippen LogP contribution >= 0.6 is 11.3 Å². The number of amides is 1. The summed E-state index contributed by atoms with van der Waals surface area (Å²) >= 11 is 1.12. The molecule has 4 rings (SSSR count). The second-order valence-electron chi connectivity index (χ2n) is 8.27. The highest BCUT2D eigenvalue weighted by Gasteiger charge is 2.48. The van der Waals surface area contributed by atoms with Crippen LogP contribution in [0, 0.1) is 5.82 Å². The lowest BCUT2D eigenvalue weighted by Gasteiger charge is -2.24. The number of Topliss-reactive ketones (excluding diaryl/α,β-unsaturated/α-hetero) is 1. The first-order valence-electron chi connectivity index (χ1n) is 9.62. The SMILES string of the molecule is CC(C)(C)c1ccc([C@H]2/C(=C(\O)c3ccc(F)cc3)C(=O)C(=O)N2c2nncs2)cc1. The first-order chi connectivity index (χ1) is 14.7. The van der Waals surface area contributed by atoms with E-state index in [2.05, 4.69) is 31.0 Å². The number of halogens is 1. The fraction of sp³-hybridized carbons (Fsp3) is 0.217. The molecule has 1 saturated heterocycles. The van der Waals surface area contributed by atoms with Crippen molar-refractivity contribution in [1.29, 1.82) is 0 Å². The first kappa shape index (κ1) is 20.9. The number of nitrogens with zero attached hydrogens (tertiary/aromatic N) is 3. The number of rotatable bonds is 3. The Balaban J connectivity index is 1.90. The predicted octanol–water partition coefficient (Wildman–Crippen LogP) is 4.60. The van der Waals surface area contributed by atoms with Crippen molar-refractivity contribution in [2.75, 3.05) is 4.90 Å². The van der Waals surface area contributed by atoms with Crippen LogP contribution in [0.2, 0.25) is 0 Å². The predicted molar refractivity (Wildman–Crippen MR) is 116 cm³/mol. The summed E-state index contributed by atoms with van der Waals surface area (Å²) in [5.41, 5.74) is 3.29. The normalized spacial score (nSPS) is 18.6. The Kier molecular flexibility index (Phi) is 5.18. The molecular formula is C23H20FN3O3S. The van der Waals surface area contributed by atoms with Crippen molar-refractivity contribution in [3.63, 3.8) is 0 Å². The maximum atomic E-state index is 13.3. The van der Waals surface area contributed by atoms with Gasteiger partial charge >= 0.3 is 5.91 Å². The Morgan fingerprint density at radius 1 is 1.06 bits per heavy atom.